The van der Waals surface area contributed by atoms with Crippen LogP contribution in [0.2, 0.25) is 0 Å². The quantitative estimate of drug-likeness (QED) is 0.729. The van der Waals surface area contributed by atoms with E-state index in [9.17, 15) is 0 Å². The fourth-order valence-electron chi connectivity index (χ4n) is 2.91. The van der Waals surface area contributed by atoms with Crippen molar-refractivity contribution in [1.29, 1.82) is 0 Å². The van der Waals surface area contributed by atoms with Crippen molar-refractivity contribution < 1.29 is 0 Å². The second kappa shape index (κ2) is 6.51. The van der Waals surface area contributed by atoms with Crippen LogP contribution in [0.3, 0.4) is 0 Å². The third-order valence-electron chi connectivity index (χ3n) is 4.07. The highest BCUT2D eigenvalue weighted by Crippen LogP contribution is 2.29. The van der Waals surface area contributed by atoms with Gasteiger partial charge >= 0.3 is 0 Å². The smallest absolute Gasteiger partial charge is 0.186 e. The van der Waals surface area contributed by atoms with E-state index < -0.39 is 0 Å². The van der Waals surface area contributed by atoms with E-state index in [1.807, 2.05) is 6.92 Å². The topological polar surface area (TPSA) is 45.2 Å². The van der Waals surface area contributed by atoms with Gasteiger partial charge in [-0.05, 0) is 25.5 Å². The molecule has 0 radical (unpaired) electrons. The van der Waals surface area contributed by atoms with E-state index in [0.717, 1.165) is 59.8 Å². The number of benzene rings is 1. The van der Waals surface area contributed by atoms with E-state index in [0.29, 0.717) is 0 Å². The summed E-state index contributed by atoms with van der Waals surface area (Å²) >= 11 is 3.50. The molecule has 0 unspecified atom stereocenters. The summed E-state index contributed by atoms with van der Waals surface area (Å²) in [6, 6.07) is 8.38. The van der Waals surface area contributed by atoms with Crippen LogP contribution >= 0.6 is 22.7 Å². The van der Waals surface area contributed by atoms with Crippen LogP contribution in [0.4, 0.5) is 5.13 Å². The molecule has 1 aliphatic rings. The first kappa shape index (κ1) is 15.0. The number of hydrogen-bond donors (Lipinski definition) is 0. The van der Waals surface area contributed by atoms with Gasteiger partial charge in [-0.1, -0.05) is 23.5 Å². The Hall–Kier alpha value is -1.57. The standard InChI is InChI=1S/C16H19N5S2/c1-12-18-19-15(22-12)11-20-7-4-8-21(10-9-20)16-17-13-5-2-3-6-14(13)23-16/h2-3,5-6H,4,7-11H2,1H3. The van der Waals surface area contributed by atoms with E-state index in [1.54, 1.807) is 22.7 Å². The molecule has 120 valence electrons. The van der Waals surface area contributed by atoms with Crippen molar-refractivity contribution in [1.82, 2.24) is 20.1 Å². The Kier molecular flexibility index (Phi) is 4.24. The fourth-order valence-corrected chi connectivity index (χ4v) is 4.68. The van der Waals surface area contributed by atoms with E-state index in [-0.39, 0.29) is 0 Å². The highest BCUT2D eigenvalue weighted by molar-refractivity contribution is 7.22. The maximum absolute atomic E-state index is 4.80. The van der Waals surface area contributed by atoms with Gasteiger partial charge in [0.2, 0.25) is 0 Å². The molecule has 1 aromatic carbocycles. The molecule has 2 aromatic heterocycles. The molecule has 23 heavy (non-hydrogen) atoms. The van der Waals surface area contributed by atoms with Crippen LogP contribution in [-0.4, -0.2) is 46.3 Å². The summed E-state index contributed by atoms with van der Waals surface area (Å²) in [6.07, 6.45) is 1.16. The molecule has 7 heteroatoms. The lowest BCUT2D eigenvalue weighted by Gasteiger charge is -2.20. The van der Waals surface area contributed by atoms with E-state index in [1.165, 1.54) is 4.70 Å². The van der Waals surface area contributed by atoms with E-state index >= 15 is 0 Å². The van der Waals surface area contributed by atoms with Gasteiger partial charge in [-0.2, -0.15) is 0 Å². The lowest BCUT2D eigenvalue weighted by molar-refractivity contribution is 0.284. The first-order chi connectivity index (χ1) is 11.3. The SMILES string of the molecule is Cc1nnc(CN2CCCN(c3nc4ccccc4s3)CC2)s1. The first-order valence-corrected chi connectivity index (χ1v) is 9.53. The summed E-state index contributed by atoms with van der Waals surface area (Å²) in [5, 5.41) is 11.7. The van der Waals surface area contributed by atoms with Crippen LogP contribution in [0.1, 0.15) is 16.4 Å². The molecule has 1 fully saturated rings. The number of fused-ring (bicyclic) bond motifs is 1. The third kappa shape index (κ3) is 3.36. The number of para-hydroxylation sites is 1. The predicted molar refractivity (Wildman–Crippen MR) is 96.4 cm³/mol. The zero-order valence-corrected chi connectivity index (χ0v) is 14.7. The number of rotatable bonds is 3. The van der Waals surface area contributed by atoms with Gasteiger partial charge in [-0.15, -0.1) is 21.5 Å². The van der Waals surface area contributed by atoms with Crippen molar-refractivity contribution in [2.45, 2.75) is 19.9 Å². The van der Waals surface area contributed by atoms with Gasteiger partial charge in [-0.3, -0.25) is 4.90 Å². The van der Waals surface area contributed by atoms with Gasteiger partial charge < -0.3 is 4.90 Å². The number of hydrogen-bond acceptors (Lipinski definition) is 7. The molecule has 4 rings (SSSR count). The minimum Gasteiger partial charge on any atom is -0.347 e. The lowest BCUT2D eigenvalue weighted by atomic mass is 10.3. The molecular formula is C16H19N5S2. The number of aryl methyl sites for hydroxylation is 1. The minimum atomic E-state index is 0.916. The summed E-state index contributed by atoms with van der Waals surface area (Å²) in [5.74, 6) is 0. The summed E-state index contributed by atoms with van der Waals surface area (Å²) < 4.78 is 1.27. The number of aromatic nitrogens is 3. The summed E-state index contributed by atoms with van der Waals surface area (Å²) in [5.41, 5.74) is 1.11. The molecule has 0 bridgehead atoms. The average Bonchev–Trinajstić information content (AvgIpc) is 3.08. The van der Waals surface area contributed by atoms with Gasteiger partial charge in [0.05, 0.1) is 16.8 Å². The van der Waals surface area contributed by atoms with Crippen LogP contribution in [0, 0.1) is 6.92 Å². The first-order valence-electron chi connectivity index (χ1n) is 7.90. The van der Waals surface area contributed by atoms with Crippen molar-refractivity contribution in [3.05, 3.63) is 34.3 Å². The molecule has 1 aliphatic heterocycles. The summed E-state index contributed by atoms with van der Waals surface area (Å²) in [6.45, 7) is 7.19. The van der Waals surface area contributed by atoms with Crippen molar-refractivity contribution in [3.63, 3.8) is 0 Å². The molecule has 0 aliphatic carbocycles. The van der Waals surface area contributed by atoms with E-state index in [2.05, 4.69) is 44.3 Å². The number of thiazole rings is 1. The second-order valence-corrected chi connectivity index (χ2v) is 8.07. The Labute approximate surface area is 143 Å². The fraction of sp³-hybridized carbons (Fsp3) is 0.438. The maximum Gasteiger partial charge on any atom is 0.186 e. The van der Waals surface area contributed by atoms with Crippen LogP contribution in [-0.2, 0) is 6.54 Å². The largest absolute Gasteiger partial charge is 0.347 e. The van der Waals surface area contributed by atoms with Crippen LogP contribution < -0.4 is 4.90 Å². The Bertz CT molecular complexity index is 763. The highest BCUT2D eigenvalue weighted by atomic mass is 32.1. The Morgan fingerprint density at radius 1 is 1.04 bits per heavy atom. The van der Waals surface area contributed by atoms with Crippen molar-refractivity contribution in [2.75, 3.05) is 31.1 Å². The molecule has 0 saturated carbocycles. The van der Waals surface area contributed by atoms with Gasteiger partial charge in [-0.25, -0.2) is 4.98 Å². The molecule has 3 heterocycles. The molecule has 0 atom stereocenters. The zero-order valence-electron chi connectivity index (χ0n) is 13.1. The minimum absolute atomic E-state index is 0.916. The molecule has 1 saturated heterocycles. The van der Waals surface area contributed by atoms with Crippen LogP contribution in [0.15, 0.2) is 24.3 Å². The normalized spacial score (nSPS) is 16.8. The second-order valence-electron chi connectivity index (χ2n) is 5.80. The summed E-state index contributed by atoms with van der Waals surface area (Å²) in [7, 11) is 0. The molecule has 0 N–H and O–H groups in total. The average molecular weight is 345 g/mol. The Balaban J connectivity index is 1.44. The van der Waals surface area contributed by atoms with Crippen molar-refractivity contribution >= 4 is 38.0 Å². The zero-order chi connectivity index (χ0) is 15.6. The maximum atomic E-state index is 4.80. The van der Waals surface area contributed by atoms with Gasteiger partial charge in [0.15, 0.2) is 5.13 Å². The predicted octanol–water partition coefficient (Wildman–Crippen LogP) is 3.17. The van der Waals surface area contributed by atoms with Gasteiger partial charge in [0.1, 0.15) is 10.0 Å². The number of anilines is 1. The molecule has 0 spiro atoms. The number of nitrogens with zero attached hydrogens (tertiary/aromatic N) is 5. The third-order valence-corrected chi connectivity index (χ3v) is 5.99. The van der Waals surface area contributed by atoms with Crippen molar-refractivity contribution in [3.8, 4) is 0 Å². The highest BCUT2D eigenvalue weighted by Gasteiger charge is 2.18. The Morgan fingerprint density at radius 2 is 1.96 bits per heavy atom. The van der Waals surface area contributed by atoms with Gasteiger partial charge in [0.25, 0.3) is 0 Å². The van der Waals surface area contributed by atoms with Crippen LogP contribution in [0.5, 0.6) is 0 Å². The van der Waals surface area contributed by atoms with E-state index in [4.69, 9.17) is 4.98 Å². The van der Waals surface area contributed by atoms with Crippen molar-refractivity contribution in [2.24, 2.45) is 0 Å². The van der Waals surface area contributed by atoms with Crippen LogP contribution in [0.25, 0.3) is 10.2 Å². The molecule has 0 amide bonds. The molecule has 5 nitrogen and oxygen atoms in total. The summed E-state index contributed by atoms with van der Waals surface area (Å²) in [4.78, 5) is 9.70. The Morgan fingerprint density at radius 3 is 2.78 bits per heavy atom. The van der Waals surface area contributed by atoms with Gasteiger partial charge in [0, 0.05) is 26.2 Å². The molecule has 3 aromatic rings. The lowest BCUT2D eigenvalue weighted by Crippen LogP contribution is -2.30. The monoisotopic (exact) mass is 345 g/mol. The molecular weight excluding hydrogens is 326 g/mol.